The van der Waals surface area contributed by atoms with E-state index in [2.05, 4.69) is 5.32 Å². The zero-order valence-corrected chi connectivity index (χ0v) is 9.54. The van der Waals surface area contributed by atoms with Gasteiger partial charge in [0.2, 0.25) is 0 Å². The van der Waals surface area contributed by atoms with Gasteiger partial charge in [-0.25, -0.2) is 0 Å². The first-order valence-electron chi connectivity index (χ1n) is 5.56. The Labute approximate surface area is 95.1 Å². The zero-order chi connectivity index (χ0) is 11.5. The molecule has 2 rings (SSSR count). The molecule has 1 aliphatic heterocycles. The molecular weight excluding hydrogens is 202 g/mol. The highest BCUT2D eigenvalue weighted by molar-refractivity contribution is 5.98. The Morgan fingerprint density at radius 2 is 1.94 bits per heavy atom. The second-order valence-electron chi connectivity index (χ2n) is 3.66. The van der Waals surface area contributed by atoms with Crippen molar-refractivity contribution in [2.45, 2.75) is 26.7 Å². The van der Waals surface area contributed by atoms with Gasteiger partial charge in [0, 0.05) is 6.42 Å². The van der Waals surface area contributed by atoms with Crippen molar-refractivity contribution in [3.05, 3.63) is 41.3 Å². The maximum atomic E-state index is 11.9. The molecule has 0 aromatic heterocycles. The molecule has 1 amide bonds. The Morgan fingerprint density at radius 1 is 1.19 bits per heavy atom. The topological polar surface area (TPSA) is 38.3 Å². The van der Waals surface area contributed by atoms with E-state index < -0.39 is 0 Å². The van der Waals surface area contributed by atoms with E-state index >= 15 is 0 Å². The molecule has 0 fully saturated rings. The quantitative estimate of drug-likeness (QED) is 0.827. The minimum Gasteiger partial charge on any atom is -0.459 e. The number of amides is 1. The molecule has 3 heteroatoms. The molecule has 0 spiro atoms. The summed E-state index contributed by atoms with van der Waals surface area (Å²) in [5.41, 5.74) is 1.47. The first-order chi connectivity index (χ1) is 7.76. The van der Waals surface area contributed by atoms with Gasteiger partial charge in [-0.3, -0.25) is 4.79 Å². The fourth-order valence-electron chi connectivity index (χ4n) is 1.78. The lowest BCUT2D eigenvalue weighted by molar-refractivity contribution is 0.0965. The van der Waals surface area contributed by atoms with Gasteiger partial charge in [-0.1, -0.05) is 26.0 Å². The predicted octanol–water partition coefficient (Wildman–Crippen LogP) is 2.84. The van der Waals surface area contributed by atoms with Gasteiger partial charge in [0.15, 0.2) is 0 Å². The van der Waals surface area contributed by atoms with Crippen LogP contribution in [0.25, 0.3) is 0 Å². The fourth-order valence-corrected chi connectivity index (χ4v) is 1.78. The van der Waals surface area contributed by atoms with E-state index in [1.54, 1.807) is 6.07 Å². The van der Waals surface area contributed by atoms with Crippen molar-refractivity contribution >= 4 is 5.91 Å². The van der Waals surface area contributed by atoms with Crippen LogP contribution in [0.3, 0.4) is 0 Å². The molecule has 16 heavy (non-hydrogen) atoms. The molecule has 0 saturated carbocycles. The van der Waals surface area contributed by atoms with Crippen LogP contribution in [0.4, 0.5) is 0 Å². The van der Waals surface area contributed by atoms with Crippen molar-refractivity contribution in [1.82, 2.24) is 5.32 Å². The largest absolute Gasteiger partial charge is 0.459 e. The summed E-state index contributed by atoms with van der Waals surface area (Å²) < 4.78 is 5.78. The van der Waals surface area contributed by atoms with Crippen molar-refractivity contribution in [3.8, 4) is 5.75 Å². The monoisotopic (exact) mass is 217 g/mol. The minimum absolute atomic E-state index is 0.0871. The van der Waals surface area contributed by atoms with Crippen LogP contribution in [0.2, 0.25) is 0 Å². The molecule has 3 nitrogen and oxygen atoms in total. The first kappa shape index (κ1) is 10.7. The maximum absolute atomic E-state index is 11.9. The number of allylic oxidation sites excluding steroid dienone is 2. The van der Waals surface area contributed by atoms with E-state index in [-0.39, 0.29) is 5.91 Å². The van der Waals surface area contributed by atoms with Crippen molar-refractivity contribution in [1.29, 1.82) is 0 Å². The van der Waals surface area contributed by atoms with Gasteiger partial charge in [-0.05, 0) is 18.6 Å². The number of nitrogens with one attached hydrogen (secondary N) is 1. The lowest BCUT2D eigenvalue weighted by atomic mass is 10.2. The average Bonchev–Trinajstić information content (AvgIpc) is 2.46. The predicted molar refractivity (Wildman–Crippen MR) is 62.1 cm³/mol. The Hall–Kier alpha value is -1.77. The normalized spacial score (nSPS) is 15.0. The number of hydrogen-bond donors (Lipinski definition) is 1. The minimum atomic E-state index is -0.0871. The van der Waals surface area contributed by atoms with Crippen LogP contribution < -0.4 is 10.1 Å². The van der Waals surface area contributed by atoms with E-state index in [0.717, 1.165) is 24.3 Å². The summed E-state index contributed by atoms with van der Waals surface area (Å²) in [5, 5.41) is 2.90. The van der Waals surface area contributed by atoms with Crippen LogP contribution in [-0.4, -0.2) is 5.91 Å². The third-order valence-corrected chi connectivity index (χ3v) is 2.64. The number of hydrogen-bond acceptors (Lipinski definition) is 2. The maximum Gasteiger partial charge on any atom is 0.259 e. The summed E-state index contributed by atoms with van der Waals surface area (Å²) in [5.74, 6) is 1.40. The summed E-state index contributed by atoms with van der Waals surface area (Å²) in [6.07, 6.45) is 1.54. The molecule has 1 N–H and O–H groups in total. The first-order valence-corrected chi connectivity index (χ1v) is 5.56. The van der Waals surface area contributed by atoms with E-state index in [1.807, 2.05) is 32.0 Å². The number of carbonyl (C=O) groups excluding carboxylic acids is 1. The Morgan fingerprint density at radius 3 is 2.62 bits per heavy atom. The molecule has 0 radical (unpaired) electrons. The van der Waals surface area contributed by atoms with Crippen molar-refractivity contribution in [2.24, 2.45) is 0 Å². The van der Waals surface area contributed by atoms with Crippen molar-refractivity contribution < 1.29 is 9.53 Å². The van der Waals surface area contributed by atoms with Crippen LogP contribution in [0.15, 0.2) is 35.7 Å². The zero-order valence-electron chi connectivity index (χ0n) is 9.54. The highest BCUT2D eigenvalue weighted by atomic mass is 16.5. The summed E-state index contributed by atoms with van der Waals surface area (Å²) in [6.45, 7) is 4.02. The van der Waals surface area contributed by atoms with Gasteiger partial charge in [0.05, 0.1) is 11.3 Å². The number of rotatable bonds is 2. The fraction of sp³-hybridized carbons (Fsp3) is 0.308. The van der Waals surface area contributed by atoms with E-state index in [4.69, 9.17) is 4.74 Å². The van der Waals surface area contributed by atoms with Gasteiger partial charge in [-0.2, -0.15) is 0 Å². The second-order valence-corrected chi connectivity index (χ2v) is 3.66. The van der Waals surface area contributed by atoms with E-state index in [0.29, 0.717) is 11.3 Å². The Kier molecular flexibility index (Phi) is 2.95. The van der Waals surface area contributed by atoms with E-state index in [9.17, 15) is 4.79 Å². The molecular formula is C13H15NO2. The van der Waals surface area contributed by atoms with Gasteiger partial charge in [0.25, 0.3) is 5.91 Å². The molecule has 1 aliphatic rings. The molecule has 0 atom stereocenters. The number of ether oxygens (including phenoxy) is 1. The van der Waals surface area contributed by atoms with Gasteiger partial charge < -0.3 is 10.1 Å². The van der Waals surface area contributed by atoms with Crippen LogP contribution in [0.1, 0.15) is 37.0 Å². The summed E-state index contributed by atoms with van der Waals surface area (Å²) >= 11 is 0. The van der Waals surface area contributed by atoms with Crippen LogP contribution in [-0.2, 0) is 0 Å². The van der Waals surface area contributed by atoms with Gasteiger partial charge in [-0.15, -0.1) is 0 Å². The number of para-hydroxylation sites is 1. The number of benzene rings is 1. The summed E-state index contributed by atoms with van der Waals surface area (Å²) in [7, 11) is 0. The molecule has 0 bridgehead atoms. The highest BCUT2D eigenvalue weighted by Crippen LogP contribution is 2.26. The standard InChI is InChI=1S/C13H15NO2/c1-3-10-11(4-2)16-12-8-6-5-7-9(12)13(15)14-10/h5-8H,3-4H2,1-2H3,(H,14,15). The van der Waals surface area contributed by atoms with Crippen LogP contribution >= 0.6 is 0 Å². The molecule has 1 heterocycles. The molecule has 0 saturated heterocycles. The number of fused-ring (bicyclic) bond motifs is 1. The van der Waals surface area contributed by atoms with Crippen molar-refractivity contribution in [2.75, 3.05) is 0 Å². The van der Waals surface area contributed by atoms with E-state index in [1.165, 1.54) is 0 Å². The second kappa shape index (κ2) is 4.39. The third kappa shape index (κ3) is 1.81. The molecule has 1 aromatic carbocycles. The highest BCUT2D eigenvalue weighted by Gasteiger charge is 2.20. The van der Waals surface area contributed by atoms with Gasteiger partial charge >= 0.3 is 0 Å². The van der Waals surface area contributed by atoms with Gasteiger partial charge in [0.1, 0.15) is 11.5 Å². The lowest BCUT2D eigenvalue weighted by Gasteiger charge is -2.09. The smallest absolute Gasteiger partial charge is 0.259 e. The summed E-state index contributed by atoms with van der Waals surface area (Å²) in [4.78, 5) is 11.9. The summed E-state index contributed by atoms with van der Waals surface area (Å²) in [6, 6.07) is 7.31. The molecule has 0 aliphatic carbocycles. The third-order valence-electron chi connectivity index (χ3n) is 2.64. The lowest BCUT2D eigenvalue weighted by Crippen LogP contribution is -2.22. The molecule has 1 aromatic rings. The van der Waals surface area contributed by atoms with Crippen LogP contribution in [0, 0.1) is 0 Å². The molecule has 84 valence electrons. The van der Waals surface area contributed by atoms with Crippen molar-refractivity contribution in [3.63, 3.8) is 0 Å². The Balaban J connectivity index is 2.47. The SMILES string of the molecule is CCC1=C(CC)Oc2ccccc2C(=O)N1. The Bertz CT molecular complexity index is 449. The van der Waals surface area contributed by atoms with Crippen LogP contribution in [0.5, 0.6) is 5.75 Å². The molecule has 0 unspecified atom stereocenters. The number of carbonyl (C=O) groups is 1. The average molecular weight is 217 g/mol.